The van der Waals surface area contributed by atoms with Gasteiger partial charge in [-0.3, -0.25) is 4.79 Å². The van der Waals surface area contributed by atoms with Gasteiger partial charge in [-0.2, -0.15) is 13.2 Å². The first kappa shape index (κ1) is 18.5. The standard InChI is InChI=1S/C12H20F3NO4/c1-8(2)9(3-4-10(17)18)5-6-16-11(19)20-7-12(13,14)15/h8-9H,3-7H2,1-2H3,(H,16,19)(H,17,18). The minimum atomic E-state index is -4.54. The monoisotopic (exact) mass is 299 g/mol. The normalized spacial score (nSPS) is 13.1. The van der Waals surface area contributed by atoms with Gasteiger partial charge in [-0.1, -0.05) is 13.8 Å². The van der Waals surface area contributed by atoms with Crippen LogP contribution in [0.3, 0.4) is 0 Å². The minimum absolute atomic E-state index is 0.0291. The Hall–Kier alpha value is -1.47. The molecule has 0 aromatic heterocycles. The van der Waals surface area contributed by atoms with E-state index >= 15 is 0 Å². The fraction of sp³-hybridized carbons (Fsp3) is 0.833. The van der Waals surface area contributed by atoms with Gasteiger partial charge in [0.2, 0.25) is 0 Å². The molecule has 118 valence electrons. The average Bonchev–Trinajstić information content (AvgIpc) is 2.29. The van der Waals surface area contributed by atoms with Crippen molar-refractivity contribution in [3.8, 4) is 0 Å². The molecule has 0 aromatic carbocycles. The van der Waals surface area contributed by atoms with Crippen LogP contribution >= 0.6 is 0 Å². The van der Waals surface area contributed by atoms with Gasteiger partial charge in [-0.25, -0.2) is 4.79 Å². The molecular formula is C12H20F3NO4. The van der Waals surface area contributed by atoms with E-state index in [9.17, 15) is 22.8 Å². The first-order valence-electron chi connectivity index (χ1n) is 6.31. The Balaban J connectivity index is 3.93. The molecule has 0 rings (SSSR count). The summed E-state index contributed by atoms with van der Waals surface area (Å²) in [6, 6.07) is 0. The van der Waals surface area contributed by atoms with E-state index in [0.717, 1.165) is 0 Å². The van der Waals surface area contributed by atoms with E-state index in [1.807, 2.05) is 13.8 Å². The highest BCUT2D eigenvalue weighted by molar-refractivity contribution is 5.67. The van der Waals surface area contributed by atoms with Crippen LogP contribution in [0.2, 0.25) is 0 Å². The van der Waals surface area contributed by atoms with Crippen molar-refractivity contribution in [2.75, 3.05) is 13.2 Å². The van der Waals surface area contributed by atoms with Crippen LogP contribution in [-0.2, 0) is 9.53 Å². The van der Waals surface area contributed by atoms with Gasteiger partial charge in [0, 0.05) is 13.0 Å². The Labute approximate surface area is 115 Å². The van der Waals surface area contributed by atoms with Crippen LogP contribution in [-0.4, -0.2) is 36.5 Å². The minimum Gasteiger partial charge on any atom is -0.481 e. The molecule has 5 nitrogen and oxygen atoms in total. The first-order valence-corrected chi connectivity index (χ1v) is 6.31. The molecule has 0 aliphatic heterocycles. The third kappa shape index (κ3) is 10.5. The van der Waals surface area contributed by atoms with Crippen molar-refractivity contribution in [1.29, 1.82) is 0 Å². The summed E-state index contributed by atoms with van der Waals surface area (Å²) in [7, 11) is 0. The second-order valence-corrected chi connectivity index (χ2v) is 4.84. The number of halogens is 3. The Bertz CT molecular complexity index is 318. The Kier molecular flexibility index (Phi) is 8.02. The SMILES string of the molecule is CC(C)C(CCNC(=O)OCC(F)(F)F)CCC(=O)O. The summed E-state index contributed by atoms with van der Waals surface area (Å²) in [6.45, 7) is 2.38. The van der Waals surface area contributed by atoms with Crippen molar-refractivity contribution in [2.45, 2.75) is 39.3 Å². The molecule has 0 saturated carbocycles. The lowest BCUT2D eigenvalue weighted by Crippen LogP contribution is -2.31. The van der Waals surface area contributed by atoms with E-state index in [1.165, 1.54) is 0 Å². The second kappa shape index (κ2) is 8.65. The molecule has 1 amide bonds. The van der Waals surface area contributed by atoms with E-state index in [1.54, 1.807) is 0 Å². The summed E-state index contributed by atoms with van der Waals surface area (Å²) in [5.41, 5.74) is 0. The zero-order valence-corrected chi connectivity index (χ0v) is 11.5. The molecule has 20 heavy (non-hydrogen) atoms. The number of carboxylic acid groups (broad SMARTS) is 1. The van der Waals surface area contributed by atoms with Gasteiger partial charge >= 0.3 is 18.2 Å². The number of hydrogen-bond donors (Lipinski definition) is 2. The van der Waals surface area contributed by atoms with Crippen molar-refractivity contribution in [2.24, 2.45) is 11.8 Å². The maximum absolute atomic E-state index is 11.8. The van der Waals surface area contributed by atoms with Gasteiger partial charge in [0.15, 0.2) is 6.61 Å². The number of ether oxygens (including phenoxy) is 1. The highest BCUT2D eigenvalue weighted by Crippen LogP contribution is 2.20. The lowest BCUT2D eigenvalue weighted by atomic mass is 9.88. The number of hydrogen-bond acceptors (Lipinski definition) is 3. The van der Waals surface area contributed by atoms with E-state index in [0.29, 0.717) is 12.8 Å². The molecule has 0 saturated heterocycles. The number of rotatable bonds is 8. The molecule has 0 fully saturated rings. The molecule has 0 aromatic rings. The molecule has 0 aliphatic carbocycles. The van der Waals surface area contributed by atoms with Crippen molar-refractivity contribution in [3.63, 3.8) is 0 Å². The number of aliphatic carboxylic acids is 1. The number of amides is 1. The van der Waals surface area contributed by atoms with Crippen molar-refractivity contribution < 1.29 is 32.6 Å². The van der Waals surface area contributed by atoms with Gasteiger partial charge in [0.05, 0.1) is 0 Å². The van der Waals surface area contributed by atoms with Crippen molar-refractivity contribution in [1.82, 2.24) is 5.32 Å². The number of alkyl halides is 3. The molecule has 0 heterocycles. The van der Waals surface area contributed by atoms with Crippen LogP contribution in [0.1, 0.15) is 33.1 Å². The Morgan fingerprint density at radius 3 is 2.30 bits per heavy atom. The zero-order chi connectivity index (χ0) is 15.8. The van der Waals surface area contributed by atoms with E-state index in [-0.39, 0.29) is 24.8 Å². The fourth-order valence-corrected chi connectivity index (χ4v) is 1.68. The maximum Gasteiger partial charge on any atom is 0.422 e. The summed E-state index contributed by atoms with van der Waals surface area (Å²) in [4.78, 5) is 21.5. The lowest BCUT2D eigenvalue weighted by Gasteiger charge is -2.20. The number of carbonyl (C=O) groups excluding carboxylic acids is 1. The highest BCUT2D eigenvalue weighted by Gasteiger charge is 2.29. The number of carboxylic acids is 1. The van der Waals surface area contributed by atoms with Crippen LogP contribution in [0.15, 0.2) is 0 Å². The summed E-state index contributed by atoms with van der Waals surface area (Å²) >= 11 is 0. The molecule has 1 atom stereocenters. The van der Waals surface area contributed by atoms with Crippen LogP contribution in [0.4, 0.5) is 18.0 Å². The number of alkyl carbamates (subject to hydrolysis) is 1. The summed E-state index contributed by atoms with van der Waals surface area (Å²) < 4.78 is 39.3. The predicted molar refractivity (Wildman–Crippen MR) is 65.2 cm³/mol. The van der Waals surface area contributed by atoms with Gasteiger partial charge in [0.1, 0.15) is 0 Å². The summed E-state index contributed by atoms with van der Waals surface area (Å²) in [5, 5.41) is 10.8. The van der Waals surface area contributed by atoms with Gasteiger partial charge in [0.25, 0.3) is 0 Å². The lowest BCUT2D eigenvalue weighted by molar-refractivity contribution is -0.160. The maximum atomic E-state index is 11.8. The molecule has 0 bridgehead atoms. The Morgan fingerprint density at radius 1 is 1.25 bits per heavy atom. The predicted octanol–water partition coefficient (Wildman–Crippen LogP) is 2.80. The average molecular weight is 299 g/mol. The van der Waals surface area contributed by atoms with E-state index in [4.69, 9.17) is 5.11 Å². The molecule has 1 unspecified atom stereocenters. The highest BCUT2D eigenvalue weighted by atomic mass is 19.4. The van der Waals surface area contributed by atoms with E-state index < -0.39 is 24.8 Å². The molecule has 2 N–H and O–H groups in total. The summed E-state index contributed by atoms with van der Waals surface area (Å²) in [5.74, 6) is -0.593. The van der Waals surface area contributed by atoms with Crippen LogP contribution in [0, 0.1) is 11.8 Å². The number of carbonyl (C=O) groups is 2. The van der Waals surface area contributed by atoms with Gasteiger partial charge in [-0.05, 0) is 24.7 Å². The van der Waals surface area contributed by atoms with Crippen molar-refractivity contribution in [3.05, 3.63) is 0 Å². The topological polar surface area (TPSA) is 75.6 Å². The second-order valence-electron chi connectivity index (χ2n) is 4.84. The Morgan fingerprint density at radius 2 is 1.85 bits per heavy atom. The van der Waals surface area contributed by atoms with Crippen LogP contribution < -0.4 is 5.32 Å². The quantitative estimate of drug-likeness (QED) is 0.722. The molecule has 0 radical (unpaired) electrons. The first-order chi connectivity index (χ1) is 9.11. The number of nitrogens with one attached hydrogen (secondary N) is 1. The largest absolute Gasteiger partial charge is 0.481 e. The van der Waals surface area contributed by atoms with Crippen LogP contribution in [0.5, 0.6) is 0 Å². The van der Waals surface area contributed by atoms with Gasteiger partial charge in [-0.15, -0.1) is 0 Å². The molecule has 0 spiro atoms. The van der Waals surface area contributed by atoms with Crippen molar-refractivity contribution >= 4 is 12.1 Å². The van der Waals surface area contributed by atoms with Gasteiger partial charge < -0.3 is 15.2 Å². The zero-order valence-electron chi connectivity index (χ0n) is 11.5. The third-order valence-corrected chi connectivity index (χ3v) is 2.82. The summed E-state index contributed by atoms with van der Waals surface area (Å²) in [6.07, 6.45) is -4.68. The molecule has 0 aliphatic rings. The van der Waals surface area contributed by atoms with Crippen LogP contribution in [0.25, 0.3) is 0 Å². The third-order valence-electron chi connectivity index (χ3n) is 2.82. The fourth-order valence-electron chi connectivity index (χ4n) is 1.68. The smallest absolute Gasteiger partial charge is 0.422 e. The molecule has 8 heteroatoms. The molecular weight excluding hydrogens is 279 g/mol. The van der Waals surface area contributed by atoms with E-state index in [2.05, 4.69) is 10.1 Å².